The van der Waals surface area contributed by atoms with Crippen molar-refractivity contribution in [2.45, 2.75) is 44.7 Å². The van der Waals surface area contributed by atoms with Crippen molar-refractivity contribution in [3.63, 3.8) is 0 Å². The highest BCUT2D eigenvalue weighted by Crippen LogP contribution is 2.17. The Balaban J connectivity index is 0.00000480. The van der Waals surface area contributed by atoms with Crippen LogP contribution in [-0.2, 0) is 27.7 Å². The molecule has 6 nitrogen and oxygen atoms in total. The van der Waals surface area contributed by atoms with Crippen molar-refractivity contribution in [1.82, 2.24) is 10.6 Å². The van der Waals surface area contributed by atoms with Crippen LogP contribution in [-0.4, -0.2) is 40.3 Å². The van der Waals surface area contributed by atoms with Crippen molar-refractivity contribution in [2.24, 2.45) is 4.99 Å². The van der Waals surface area contributed by atoms with Crippen molar-refractivity contribution in [3.8, 4) is 0 Å². The van der Waals surface area contributed by atoms with Crippen molar-refractivity contribution in [2.75, 3.05) is 26.0 Å². The van der Waals surface area contributed by atoms with Crippen LogP contribution in [0.15, 0.2) is 58.4 Å². The molecule has 0 unspecified atom stereocenters. The number of nitrogens with zero attached hydrogens (tertiary/aromatic N) is 1. The first-order valence-corrected chi connectivity index (χ1v) is 12.2. The average molecular weight is 560 g/mol. The number of hydrogen-bond acceptors (Lipinski definition) is 4. The Labute approximate surface area is 203 Å². The van der Waals surface area contributed by atoms with Gasteiger partial charge < -0.3 is 15.4 Å². The van der Waals surface area contributed by atoms with Crippen LogP contribution in [0.3, 0.4) is 0 Å². The normalized spacial score (nSPS) is 11.6. The van der Waals surface area contributed by atoms with E-state index in [4.69, 9.17) is 4.74 Å². The number of unbranched alkanes of at least 4 members (excludes halogenated alkanes) is 1. The van der Waals surface area contributed by atoms with Gasteiger partial charge in [-0.05, 0) is 49.4 Å². The molecular formula is C23H34IN3O3S. The van der Waals surface area contributed by atoms with Crippen LogP contribution in [0.4, 0.5) is 0 Å². The van der Waals surface area contributed by atoms with Gasteiger partial charge in [-0.15, -0.1) is 24.0 Å². The van der Waals surface area contributed by atoms with Gasteiger partial charge in [0.1, 0.15) is 0 Å². The summed E-state index contributed by atoms with van der Waals surface area (Å²) in [6, 6.07) is 15.5. The van der Waals surface area contributed by atoms with Crippen LogP contribution in [0, 0.1) is 6.92 Å². The quantitative estimate of drug-likeness (QED) is 0.188. The first kappa shape index (κ1) is 27.4. The summed E-state index contributed by atoms with van der Waals surface area (Å²) in [7, 11) is -3.20. The molecule has 0 fully saturated rings. The number of benzene rings is 2. The van der Waals surface area contributed by atoms with E-state index in [0.29, 0.717) is 18.0 Å². The van der Waals surface area contributed by atoms with Crippen molar-refractivity contribution < 1.29 is 13.2 Å². The molecule has 172 valence electrons. The van der Waals surface area contributed by atoms with Crippen molar-refractivity contribution in [3.05, 3.63) is 65.2 Å². The molecule has 2 rings (SSSR count). The fraction of sp³-hybridized carbons (Fsp3) is 0.435. The predicted octanol–water partition coefficient (Wildman–Crippen LogP) is 4.07. The highest BCUT2D eigenvalue weighted by atomic mass is 127. The highest BCUT2D eigenvalue weighted by molar-refractivity contribution is 14.0. The lowest BCUT2D eigenvalue weighted by Gasteiger charge is -2.12. The Bertz CT molecular complexity index is 919. The summed E-state index contributed by atoms with van der Waals surface area (Å²) in [4.78, 5) is 4.97. The van der Waals surface area contributed by atoms with Gasteiger partial charge >= 0.3 is 0 Å². The number of rotatable bonds is 11. The minimum Gasteiger partial charge on any atom is -0.377 e. The summed E-state index contributed by atoms with van der Waals surface area (Å²) >= 11 is 0. The maximum atomic E-state index is 11.7. The molecule has 0 atom stereocenters. The lowest BCUT2D eigenvalue weighted by molar-refractivity contribution is 0.117. The summed E-state index contributed by atoms with van der Waals surface area (Å²) in [6.07, 6.45) is 3.19. The molecule has 0 amide bonds. The molecular weight excluding hydrogens is 525 g/mol. The van der Waals surface area contributed by atoms with Crippen LogP contribution in [0.2, 0.25) is 0 Å². The van der Waals surface area contributed by atoms with Gasteiger partial charge in [-0.3, -0.25) is 0 Å². The van der Waals surface area contributed by atoms with E-state index < -0.39 is 9.84 Å². The number of sulfone groups is 1. The van der Waals surface area contributed by atoms with Gasteiger partial charge in [-0.2, -0.15) is 0 Å². The molecule has 0 radical (unpaired) electrons. The molecule has 0 saturated heterocycles. The monoisotopic (exact) mass is 559 g/mol. The van der Waals surface area contributed by atoms with Gasteiger partial charge in [0.15, 0.2) is 15.8 Å². The third-order valence-corrected chi connectivity index (χ3v) is 5.78. The number of nitrogens with one attached hydrogen (secondary N) is 2. The lowest BCUT2D eigenvalue weighted by atomic mass is 10.1. The summed E-state index contributed by atoms with van der Waals surface area (Å²) < 4.78 is 29.2. The minimum absolute atomic E-state index is 0. The summed E-state index contributed by atoms with van der Waals surface area (Å²) in [5, 5.41) is 6.58. The molecule has 0 saturated carbocycles. The fourth-order valence-corrected chi connectivity index (χ4v) is 4.00. The first-order chi connectivity index (χ1) is 14.4. The van der Waals surface area contributed by atoms with Crippen LogP contribution in [0.5, 0.6) is 0 Å². The SMILES string of the molecule is CCNC(=NCc1ccc(S(C)(=O)=O)c(C)c1)NCCCCOCc1ccccc1.I. The fourth-order valence-electron chi connectivity index (χ4n) is 3.04. The first-order valence-electron chi connectivity index (χ1n) is 10.3. The molecule has 2 aromatic rings. The molecule has 2 N–H and O–H groups in total. The zero-order valence-corrected chi connectivity index (χ0v) is 21.7. The van der Waals surface area contributed by atoms with E-state index >= 15 is 0 Å². The van der Waals surface area contributed by atoms with E-state index in [1.807, 2.05) is 44.2 Å². The van der Waals surface area contributed by atoms with E-state index in [2.05, 4.69) is 27.8 Å². The smallest absolute Gasteiger partial charge is 0.191 e. The summed E-state index contributed by atoms with van der Waals surface area (Å²) in [5.41, 5.74) is 2.92. The van der Waals surface area contributed by atoms with Gasteiger partial charge in [0.25, 0.3) is 0 Å². The highest BCUT2D eigenvalue weighted by Gasteiger charge is 2.10. The molecule has 0 spiro atoms. The second-order valence-corrected chi connectivity index (χ2v) is 9.22. The third kappa shape index (κ3) is 10.5. The Hall–Kier alpha value is -1.65. The molecule has 31 heavy (non-hydrogen) atoms. The molecule has 2 aromatic carbocycles. The van der Waals surface area contributed by atoms with E-state index in [-0.39, 0.29) is 24.0 Å². The summed E-state index contributed by atoms with van der Waals surface area (Å²) in [5.74, 6) is 0.757. The summed E-state index contributed by atoms with van der Waals surface area (Å²) in [6.45, 7) is 7.30. The number of ether oxygens (including phenoxy) is 1. The lowest BCUT2D eigenvalue weighted by Crippen LogP contribution is -2.37. The van der Waals surface area contributed by atoms with Gasteiger partial charge in [0.2, 0.25) is 0 Å². The average Bonchev–Trinajstić information content (AvgIpc) is 2.71. The number of aliphatic imine (C=N–C) groups is 1. The molecule has 0 bridgehead atoms. The number of guanidine groups is 1. The van der Waals surface area contributed by atoms with E-state index in [0.717, 1.165) is 49.6 Å². The van der Waals surface area contributed by atoms with E-state index in [1.54, 1.807) is 6.07 Å². The Morgan fingerprint density at radius 2 is 1.77 bits per heavy atom. The van der Waals surface area contributed by atoms with Gasteiger partial charge in [-0.25, -0.2) is 13.4 Å². The van der Waals surface area contributed by atoms with Crippen LogP contribution in [0.1, 0.15) is 36.5 Å². The molecule has 0 aliphatic carbocycles. The molecule has 0 aliphatic rings. The van der Waals surface area contributed by atoms with Crippen LogP contribution in [0.25, 0.3) is 0 Å². The maximum absolute atomic E-state index is 11.7. The molecule has 0 heterocycles. The molecule has 8 heteroatoms. The molecule has 0 aromatic heterocycles. The van der Waals surface area contributed by atoms with Crippen molar-refractivity contribution >= 4 is 39.8 Å². The number of halogens is 1. The number of hydrogen-bond donors (Lipinski definition) is 2. The third-order valence-electron chi connectivity index (χ3n) is 4.52. The van der Waals surface area contributed by atoms with Crippen molar-refractivity contribution in [1.29, 1.82) is 0 Å². The van der Waals surface area contributed by atoms with E-state index in [9.17, 15) is 8.42 Å². The minimum atomic E-state index is -3.20. The van der Waals surface area contributed by atoms with Gasteiger partial charge in [0, 0.05) is 26.0 Å². The number of aryl methyl sites for hydroxylation is 1. The molecule has 0 aliphatic heterocycles. The second-order valence-electron chi connectivity index (χ2n) is 7.24. The Morgan fingerprint density at radius 1 is 1.03 bits per heavy atom. The largest absolute Gasteiger partial charge is 0.377 e. The Kier molecular flexibility index (Phi) is 12.7. The van der Waals surface area contributed by atoms with Crippen LogP contribution >= 0.6 is 24.0 Å². The topological polar surface area (TPSA) is 79.8 Å². The van der Waals surface area contributed by atoms with Gasteiger partial charge in [-0.1, -0.05) is 42.5 Å². The predicted molar refractivity (Wildman–Crippen MR) is 138 cm³/mol. The zero-order chi connectivity index (χ0) is 21.8. The maximum Gasteiger partial charge on any atom is 0.191 e. The standard InChI is InChI=1S/C23H33N3O3S.HI/c1-4-24-23(25-14-8-9-15-29-18-20-10-6-5-7-11-20)26-17-21-12-13-22(19(2)16-21)30(3,27)28;/h5-7,10-13,16H,4,8-9,14-15,17-18H2,1-3H3,(H2,24,25,26);1H. The Morgan fingerprint density at radius 3 is 2.42 bits per heavy atom. The second kappa shape index (κ2) is 14.4. The zero-order valence-electron chi connectivity index (χ0n) is 18.6. The van der Waals surface area contributed by atoms with Crippen LogP contribution < -0.4 is 10.6 Å². The van der Waals surface area contributed by atoms with Gasteiger partial charge in [0.05, 0.1) is 18.0 Å². The van der Waals surface area contributed by atoms with E-state index in [1.165, 1.54) is 11.8 Å².